The molecular weight excluding hydrogens is 278 g/mol. The highest BCUT2D eigenvalue weighted by Gasteiger charge is 2.23. The lowest BCUT2D eigenvalue weighted by molar-refractivity contribution is 0.180. The lowest BCUT2D eigenvalue weighted by atomic mass is 9.86. The van der Waals surface area contributed by atoms with E-state index in [9.17, 15) is 5.11 Å². The summed E-state index contributed by atoms with van der Waals surface area (Å²) in [5.74, 6) is 2.20. The Morgan fingerprint density at radius 2 is 1.91 bits per heavy atom. The summed E-state index contributed by atoms with van der Waals surface area (Å²) in [6.45, 7) is 7.17. The number of aromatic nitrogens is 2. The van der Waals surface area contributed by atoms with Crippen LogP contribution < -0.4 is 5.32 Å². The molecule has 0 spiro atoms. The van der Waals surface area contributed by atoms with E-state index in [4.69, 9.17) is 9.72 Å². The van der Waals surface area contributed by atoms with Crippen molar-refractivity contribution in [2.75, 3.05) is 19.0 Å². The zero-order chi connectivity index (χ0) is 16.2. The lowest BCUT2D eigenvalue weighted by Gasteiger charge is -2.29. The van der Waals surface area contributed by atoms with Gasteiger partial charge in [0.05, 0.1) is 12.3 Å². The Bertz CT molecular complexity index is 477. The average molecular weight is 307 g/mol. The molecule has 5 nitrogen and oxygen atoms in total. The van der Waals surface area contributed by atoms with E-state index in [0.29, 0.717) is 25.2 Å². The van der Waals surface area contributed by atoms with Gasteiger partial charge in [0.2, 0.25) is 0 Å². The molecule has 22 heavy (non-hydrogen) atoms. The molecule has 1 aliphatic rings. The Kier molecular flexibility index (Phi) is 5.75. The first kappa shape index (κ1) is 17.2. The summed E-state index contributed by atoms with van der Waals surface area (Å²) in [7, 11) is 1.68. The van der Waals surface area contributed by atoms with E-state index in [-0.39, 0.29) is 5.41 Å². The number of hydrogen-bond donors (Lipinski definition) is 2. The fourth-order valence-corrected chi connectivity index (χ4v) is 2.83. The Hall–Kier alpha value is -1.20. The molecule has 1 heterocycles. The molecule has 0 unspecified atom stereocenters. The molecule has 0 aromatic carbocycles. The van der Waals surface area contributed by atoms with Gasteiger partial charge in [-0.1, -0.05) is 20.8 Å². The van der Waals surface area contributed by atoms with Gasteiger partial charge in [0, 0.05) is 31.2 Å². The zero-order valence-corrected chi connectivity index (χ0v) is 14.2. The fraction of sp³-hybridized carbons (Fsp3) is 0.765. The highest BCUT2D eigenvalue weighted by molar-refractivity contribution is 5.38. The quantitative estimate of drug-likeness (QED) is 0.875. The summed E-state index contributed by atoms with van der Waals surface area (Å²) in [6, 6.07) is 2.41. The van der Waals surface area contributed by atoms with Crippen molar-refractivity contribution in [1.82, 2.24) is 9.97 Å². The van der Waals surface area contributed by atoms with Crippen molar-refractivity contribution in [2.45, 2.75) is 64.5 Å². The Morgan fingerprint density at radius 1 is 1.23 bits per heavy atom. The van der Waals surface area contributed by atoms with Crippen LogP contribution >= 0.6 is 0 Å². The SMILES string of the molecule is COCc1cc(NC2CCC(CO)CC2)nc(C(C)(C)C)n1. The van der Waals surface area contributed by atoms with Crippen molar-refractivity contribution in [3.8, 4) is 0 Å². The van der Waals surface area contributed by atoms with Crippen LogP contribution in [-0.2, 0) is 16.8 Å². The van der Waals surface area contributed by atoms with Gasteiger partial charge in [-0.15, -0.1) is 0 Å². The van der Waals surface area contributed by atoms with Gasteiger partial charge >= 0.3 is 0 Å². The fourth-order valence-electron chi connectivity index (χ4n) is 2.83. The Morgan fingerprint density at radius 3 is 2.45 bits per heavy atom. The molecule has 0 saturated heterocycles. The second-order valence-corrected chi connectivity index (χ2v) is 7.30. The number of aliphatic hydroxyl groups is 1. The lowest BCUT2D eigenvalue weighted by Crippen LogP contribution is -2.28. The maximum Gasteiger partial charge on any atom is 0.136 e. The van der Waals surface area contributed by atoms with Crippen LogP contribution in [0.5, 0.6) is 0 Å². The Labute approximate surface area is 133 Å². The maximum absolute atomic E-state index is 9.23. The summed E-state index contributed by atoms with van der Waals surface area (Å²) in [5, 5.41) is 12.8. The number of methoxy groups -OCH3 is 1. The molecule has 0 bridgehead atoms. The van der Waals surface area contributed by atoms with Crippen LogP contribution in [0, 0.1) is 5.92 Å². The van der Waals surface area contributed by atoms with Crippen LogP contribution in [0.25, 0.3) is 0 Å². The van der Waals surface area contributed by atoms with Gasteiger partial charge in [-0.2, -0.15) is 0 Å². The number of nitrogens with zero attached hydrogens (tertiary/aromatic N) is 2. The number of nitrogens with one attached hydrogen (secondary N) is 1. The van der Waals surface area contributed by atoms with E-state index in [1.165, 1.54) is 0 Å². The predicted molar refractivity (Wildman–Crippen MR) is 87.9 cm³/mol. The number of ether oxygens (including phenoxy) is 1. The molecule has 5 heteroatoms. The van der Waals surface area contributed by atoms with Crippen molar-refractivity contribution in [3.63, 3.8) is 0 Å². The molecule has 124 valence electrons. The monoisotopic (exact) mass is 307 g/mol. The summed E-state index contributed by atoms with van der Waals surface area (Å²) in [5.41, 5.74) is 0.823. The smallest absolute Gasteiger partial charge is 0.136 e. The molecule has 1 aliphatic carbocycles. The minimum Gasteiger partial charge on any atom is -0.396 e. The number of rotatable bonds is 5. The van der Waals surface area contributed by atoms with Gasteiger partial charge in [0.25, 0.3) is 0 Å². The topological polar surface area (TPSA) is 67.3 Å². The third-order valence-corrected chi connectivity index (χ3v) is 4.20. The highest BCUT2D eigenvalue weighted by Crippen LogP contribution is 2.27. The second-order valence-electron chi connectivity index (χ2n) is 7.30. The summed E-state index contributed by atoms with van der Waals surface area (Å²) in [6.07, 6.45) is 4.33. The highest BCUT2D eigenvalue weighted by atomic mass is 16.5. The molecular formula is C17H29N3O2. The predicted octanol–water partition coefficient (Wildman–Crippen LogP) is 2.88. The molecule has 1 fully saturated rings. The number of aliphatic hydroxyl groups excluding tert-OH is 1. The van der Waals surface area contributed by atoms with Crippen molar-refractivity contribution < 1.29 is 9.84 Å². The van der Waals surface area contributed by atoms with Crippen molar-refractivity contribution in [3.05, 3.63) is 17.6 Å². The van der Waals surface area contributed by atoms with E-state index in [1.54, 1.807) is 7.11 Å². The summed E-state index contributed by atoms with van der Waals surface area (Å²) < 4.78 is 5.22. The van der Waals surface area contributed by atoms with Crippen LogP contribution in [-0.4, -0.2) is 34.8 Å². The molecule has 1 aromatic rings. The molecule has 0 radical (unpaired) electrons. The van der Waals surface area contributed by atoms with E-state index in [0.717, 1.165) is 43.0 Å². The van der Waals surface area contributed by atoms with Crippen LogP contribution in [0.15, 0.2) is 6.07 Å². The van der Waals surface area contributed by atoms with Gasteiger partial charge in [-0.25, -0.2) is 9.97 Å². The maximum atomic E-state index is 9.23. The van der Waals surface area contributed by atoms with Crippen molar-refractivity contribution in [1.29, 1.82) is 0 Å². The summed E-state index contributed by atoms with van der Waals surface area (Å²) in [4.78, 5) is 9.30. The van der Waals surface area contributed by atoms with E-state index in [1.807, 2.05) is 6.07 Å². The molecule has 2 rings (SSSR count). The average Bonchev–Trinajstić information content (AvgIpc) is 2.47. The first-order valence-electron chi connectivity index (χ1n) is 8.17. The number of anilines is 1. The molecule has 1 aromatic heterocycles. The van der Waals surface area contributed by atoms with Crippen LogP contribution in [0.1, 0.15) is 58.0 Å². The molecule has 0 atom stereocenters. The number of hydrogen-bond acceptors (Lipinski definition) is 5. The van der Waals surface area contributed by atoms with Gasteiger partial charge < -0.3 is 15.2 Å². The van der Waals surface area contributed by atoms with E-state index >= 15 is 0 Å². The largest absolute Gasteiger partial charge is 0.396 e. The third-order valence-electron chi connectivity index (χ3n) is 4.20. The van der Waals surface area contributed by atoms with Crippen molar-refractivity contribution in [2.24, 2.45) is 5.92 Å². The van der Waals surface area contributed by atoms with E-state index < -0.39 is 0 Å². The first-order valence-corrected chi connectivity index (χ1v) is 8.17. The van der Waals surface area contributed by atoms with Gasteiger partial charge in [0.15, 0.2) is 0 Å². The first-order chi connectivity index (χ1) is 10.4. The van der Waals surface area contributed by atoms with Gasteiger partial charge in [0.1, 0.15) is 11.6 Å². The molecule has 0 amide bonds. The molecule has 2 N–H and O–H groups in total. The Balaban J connectivity index is 2.11. The zero-order valence-electron chi connectivity index (χ0n) is 14.2. The summed E-state index contributed by atoms with van der Waals surface area (Å²) >= 11 is 0. The normalized spacial score (nSPS) is 22.6. The minimum absolute atomic E-state index is 0.0886. The van der Waals surface area contributed by atoms with Crippen molar-refractivity contribution >= 4 is 5.82 Å². The van der Waals surface area contributed by atoms with Crippen LogP contribution in [0.4, 0.5) is 5.82 Å². The van der Waals surface area contributed by atoms with Gasteiger partial charge in [-0.3, -0.25) is 0 Å². The minimum atomic E-state index is -0.0886. The van der Waals surface area contributed by atoms with Gasteiger partial charge in [-0.05, 0) is 31.6 Å². The van der Waals surface area contributed by atoms with E-state index in [2.05, 4.69) is 31.1 Å². The van der Waals surface area contributed by atoms with Crippen LogP contribution in [0.3, 0.4) is 0 Å². The second kappa shape index (κ2) is 7.38. The molecule has 0 aliphatic heterocycles. The third kappa shape index (κ3) is 4.65. The standard InChI is InChI=1S/C17H29N3O2/c1-17(2,3)16-19-14(11-22-4)9-15(20-16)18-13-7-5-12(10-21)6-8-13/h9,12-13,21H,5-8,10-11H2,1-4H3,(H,18,19,20). The van der Waals surface area contributed by atoms with Crippen LogP contribution in [0.2, 0.25) is 0 Å². The molecule has 1 saturated carbocycles.